The van der Waals surface area contributed by atoms with E-state index in [-0.39, 0.29) is 6.10 Å². The Kier molecular flexibility index (Phi) is 3.38. The van der Waals surface area contributed by atoms with E-state index >= 15 is 0 Å². The zero-order chi connectivity index (χ0) is 10.7. The Balaban J connectivity index is 2.02. The second-order valence-electron chi connectivity index (χ2n) is 3.88. The first kappa shape index (κ1) is 10.6. The molecule has 1 aromatic heterocycles. The highest BCUT2D eigenvalue weighted by atomic mass is 32.1. The van der Waals surface area contributed by atoms with Crippen LogP contribution in [0.2, 0.25) is 0 Å². The predicted octanol–water partition coefficient (Wildman–Crippen LogP) is 1.21. The highest BCUT2D eigenvalue weighted by molar-refractivity contribution is 7.10. The summed E-state index contributed by atoms with van der Waals surface area (Å²) in [5.41, 5.74) is 0. The average Bonchev–Trinajstić information content (AvgIpc) is 2.74. The Hall–Kier alpha value is -0.870. The topological polar surface area (TPSA) is 35.3 Å². The first-order valence-electron chi connectivity index (χ1n) is 5.29. The summed E-state index contributed by atoms with van der Waals surface area (Å²) in [4.78, 5) is 1.04. The lowest BCUT2D eigenvalue weighted by Gasteiger charge is -2.16. The molecule has 2 heterocycles. The minimum Gasteiger partial charge on any atom is -0.387 e. The summed E-state index contributed by atoms with van der Waals surface area (Å²) in [5.74, 6) is 1.15. The smallest absolute Gasteiger partial charge is 0.247 e. The second kappa shape index (κ2) is 4.77. The van der Waals surface area contributed by atoms with Crippen molar-refractivity contribution in [2.75, 3.05) is 20.1 Å². The van der Waals surface area contributed by atoms with Gasteiger partial charge in [0.25, 0.3) is 0 Å². The summed E-state index contributed by atoms with van der Waals surface area (Å²) in [6, 6.07) is 3.96. The van der Waals surface area contributed by atoms with Crippen molar-refractivity contribution in [3.05, 3.63) is 22.4 Å². The fraction of sp³-hybridized carbons (Fsp3) is 0.545. The molecule has 3 nitrogen and oxygen atoms in total. The monoisotopic (exact) mass is 225 g/mol. The number of rotatable bonds is 3. The van der Waals surface area contributed by atoms with Crippen molar-refractivity contribution < 1.29 is 9.68 Å². The minimum absolute atomic E-state index is 0.368. The van der Waals surface area contributed by atoms with Crippen LogP contribution >= 0.6 is 11.3 Å². The molecule has 1 aliphatic rings. The average molecular weight is 225 g/mol. The molecule has 2 N–H and O–H groups in total. The molecule has 0 aromatic carbocycles. The van der Waals surface area contributed by atoms with Crippen molar-refractivity contribution in [1.82, 2.24) is 5.32 Å². The molecular weight excluding hydrogens is 208 g/mol. The van der Waals surface area contributed by atoms with Crippen LogP contribution in [0.25, 0.3) is 0 Å². The molecule has 1 aromatic rings. The van der Waals surface area contributed by atoms with Crippen LogP contribution < -0.4 is 5.32 Å². The molecule has 0 saturated heterocycles. The van der Waals surface area contributed by atoms with Crippen LogP contribution in [0, 0.1) is 0 Å². The standard InChI is InChI=1S/C11H16N2OS/c1-13-6-3-5-12-11(13)8-9(14)10-4-2-7-15-10/h2,4,7,9,14H,3,5-6,8H2,1H3/p+1/t9-/m0/s1. The van der Waals surface area contributed by atoms with Crippen LogP contribution in [-0.2, 0) is 0 Å². The number of amidine groups is 1. The van der Waals surface area contributed by atoms with E-state index in [0.29, 0.717) is 6.42 Å². The summed E-state index contributed by atoms with van der Waals surface area (Å²) in [6.45, 7) is 2.11. The van der Waals surface area contributed by atoms with Crippen molar-refractivity contribution >= 4 is 17.2 Å². The zero-order valence-corrected chi connectivity index (χ0v) is 9.76. The fourth-order valence-electron chi connectivity index (χ4n) is 1.81. The van der Waals surface area contributed by atoms with Crippen molar-refractivity contribution in [1.29, 1.82) is 0 Å². The highest BCUT2D eigenvalue weighted by Crippen LogP contribution is 2.21. The molecule has 0 amide bonds. The molecule has 0 unspecified atom stereocenters. The van der Waals surface area contributed by atoms with Gasteiger partial charge in [-0.3, -0.25) is 9.89 Å². The SMILES string of the molecule is C[N+]1=C(C[C@H](O)c2cccs2)NCCC1. The van der Waals surface area contributed by atoms with Gasteiger partial charge in [0.1, 0.15) is 0 Å². The summed E-state index contributed by atoms with van der Waals surface area (Å²) >= 11 is 1.61. The van der Waals surface area contributed by atoms with E-state index in [0.717, 1.165) is 23.8 Å². The molecule has 82 valence electrons. The second-order valence-corrected chi connectivity index (χ2v) is 4.86. The van der Waals surface area contributed by atoms with E-state index in [9.17, 15) is 5.11 Å². The Morgan fingerprint density at radius 3 is 3.20 bits per heavy atom. The molecule has 0 saturated carbocycles. The lowest BCUT2D eigenvalue weighted by Crippen LogP contribution is -2.39. The zero-order valence-electron chi connectivity index (χ0n) is 8.94. The molecular formula is C11H17N2OS+. The van der Waals surface area contributed by atoms with Gasteiger partial charge >= 0.3 is 0 Å². The number of nitrogens with zero attached hydrogens (tertiary/aromatic N) is 1. The van der Waals surface area contributed by atoms with Crippen molar-refractivity contribution in [3.63, 3.8) is 0 Å². The quantitative estimate of drug-likeness (QED) is 0.758. The van der Waals surface area contributed by atoms with Gasteiger partial charge in [0.15, 0.2) is 0 Å². The maximum absolute atomic E-state index is 10.0. The first-order valence-corrected chi connectivity index (χ1v) is 6.17. The van der Waals surface area contributed by atoms with Gasteiger partial charge in [0, 0.05) is 11.3 Å². The van der Waals surface area contributed by atoms with Crippen molar-refractivity contribution in [2.24, 2.45) is 0 Å². The third-order valence-electron chi connectivity index (χ3n) is 2.72. The van der Waals surface area contributed by atoms with Crippen LogP contribution in [0.5, 0.6) is 0 Å². The van der Waals surface area contributed by atoms with Gasteiger partial charge in [-0.05, 0) is 11.4 Å². The maximum Gasteiger partial charge on any atom is 0.247 e. The lowest BCUT2D eigenvalue weighted by molar-refractivity contribution is -0.505. The van der Waals surface area contributed by atoms with Gasteiger partial charge in [-0.25, -0.2) is 0 Å². The first-order chi connectivity index (χ1) is 7.27. The van der Waals surface area contributed by atoms with E-state index in [1.165, 1.54) is 6.42 Å². The maximum atomic E-state index is 10.0. The van der Waals surface area contributed by atoms with Crippen LogP contribution in [-0.4, -0.2) is 35.7 Å². The molecule has 15 heavy (non-hydrogen) atoms. The largest absolute Gasteiger partial charge is 0.387 e. The Labute approximate surface area is 94.1 Å². The summed E-state index contributed by atoms with van der Waals surface area (Å²) in [7, 11) is 2.07. The normalized spacial score (nSPS) is 18.8. The molecule has 1 atom stereocenters. The summed E-state index contributed by atoms with van der Waals surface area (Å²) in [5, 5.41) is 15.4. The number of aliphatic hydroxyl groups is 1. The lowest BCUT2D eigenvalue weighted by atomic mass is 10.2. The molecule has 0 bridgehead atoms. The number of hydrogen-bond acceptors (Lipinski definition) is 3. The van der Waals surface area contributed by atoms with Gasteiger partial charge in [-0.15, -0.1) is 11.3 Å². The van der Waals surface area contributed by atoms with Gasteiger partial charge in [0.2, 0.25) is 5.84 Å². The van der Waals surface area contributed by atoms with E-state index < -0.39 is 0 Å². The van der Waals surface area contributed by atoms with Crippen molar-refractivity contribution in [2.45, 2.75) is 18.9 Å². The summed E-state index contributed by atoms with van der Waals surface area (Å²) < 4.78 is 2.19. The van der Waals surface area contributed by atoms with E-state index in [1.807, 2.05) is 17.5 Å². The van der Waals surface area contributed by atoms with E-state index in [2.05, 4.69) is 16.9 Å². The molecule has 0 radical (unpaired) electrons. The molecule has 0 spiro atoms. The minimum atomic E-state index is -0.368. The summed E-state index contributed by atoms with van der Waals surface area (Å²) in [6.07, 6.45) is 1.50. The van der Waals surface area contributed by atoms with Gasteiger partial charge in [0.05, 0.1) is 32.7 Å². The highest BCUT2D eigenvalue weighted by Gasteiger charge is 2.20. The van der Waals surface area contributed by atoms with Crippen molar-refractivity contribution in [3.8, 4) is 0 Å². The third-order valence-corrected chi connectivity index (χ3v) is 3.69. The Morgan fingerprint density at radius 1 is 1.67 bits per heavy atom. The van der Waals surface area contributed by atoms with Crippen LogP contribution in [0.4, 0.5) is 0 Å². The number of nitrogens with one attached hydrogen (secondary N) is 1. The van der Waals surface area contributed by atoms with Gasteiger partial charge in [-0.1, -0.05) is 6.07 Å². The van der Waals surface area contributed by atoms with Gasteiger partial charge in [-0.2, -0.15) is 0 Å². The van der Waals surface area contributed by atoms with Gasteiger partial charge < -0.3 is 5.11 Å². The fourth-order valence-corrected chi connectivity index (χ4v) is 2.52. The van der Waals surface area contributed by atoms with E-state index in [1.54, 1.807) is 11.3 Å². The van der Waals surface area contributed by atoms with Crippen LogP contribution in [0.15, 0.2) is 17.5 Å². The number of thiophene rings is 1. The number of aliphatic hydroxyl groups excluding tert-OH is 1. The van der Waals surface area contributed by atoms with Crippen LogP contribution in [0.1, 0.15) is 23.8 Å². The van der Waals surface area contributed by atoms with E-state index in [4.69, 9.17) is 0 Å². The molecule has 4 heteroatoms. The third kappa shape index (κ3) is 2.58. The predicted molar refractivity (Wildman–Crippen MR) is 62.6 cm³/mol. The molecule has 0 aliphatic carbocycles. The molecule has 1 aliphatic heterocycles. The van der Waals surface area contributed by atoms with Crippen LogP contribution in [0.3, 0.4) is 0 Å². The number of hydrogen-bond donors (Lipinski definition) is 2. The molecule has 0 fully saturated rings. The molecule has 2 rings (SSSR count). The Morgan fingerprint density at radius 2 is 2.53 bits per heavy atom. The Bertz CT molecular complexity index is 345.